The number of hydrogen-bond donors (Lipinski definition) is 0. The summed E-state index contributed by atoms with van der Waals surface area (Å²) in [5.74, 6) is 0.874. The van der Waals surface area contributed by atoms with Crippen LogP contribution >= 0.6 is 0 Å². The SMILES string of the molecule is CCc1onc(C)c1C1CCCN1C(=O)c1ccn(C)n1. The maximum absolute atomic E-state index is 12.7. The van der Waals surface area contributed by atoms with Crippen molar-refractivity contribution in [3.8, 4) is 0 Å². The molecule has 2 aromatic heterocycles. The average molecular weight is 288 g/mol. The highest BCUT2D eigenvalue weighted by molar-refractivity contribution is 5.92. The van der Waals surface area contributed by atoms with Gasteiger partial charge in [-0.25, -0.2) is 0 Å². The fourth-order valence-corrected chi connectivity index (χ4v) is 3.09. The Hall–Kier alpha value is -2.11. The lowest BCUT2D eigenvalue weighted by atomic mass is 10.0. The first-order valence-electron chi connectivity index (χ1n) is 7.37. The highest BCUT2D eigenvalue weighted by atomic mass is 16.5. The monoisotopic (exact) mass is 288 g/mol. The quantitative estimate of drug-likeness (QED) is 0.869. The van der Waals surface area contributed by atoms with Crippen LogP contribution in [0.5, 0.6) is 0 Å². The van der Waals surface area contributed by atoms with Gasteiger partial charge in [0.15, 0.2) is 0 Å². The number of aryl methyl sites for hydroxylation is 3. The summed E-state index contributed by atoms with van der Waals surface area (Å²) in [6.07, 6.45) is 4.53. The van der Waals surface area contributed by atoms with E-state index in [4.69, 9.17) is 4.52 Å². The lowest BCUT2D eigenvalue weighted by Gasteiger charge is -2.24. The minimum absolute atomic E-state index is 0.0132. The number of carbonyl (C=O) groups is 1. The van der Waals surface area contributed by atoms with Crippen LogP contribution in [0.25, 0.3) is 0 Å². The number of rotatable bonds is 3. The van der Waals surface area contributed by atoms with E-state index in [1.165, 1.54) is 0 Å². The summed E-state index contributed by atoms with van der Waals surface area (Å²) in [6.45, 7) is 4.75. The molecule has 1 amide bonds. The number of hydrogen-bond acceptors (Lipinski definition) is 4. The summed E-state index contributed by atoms with van der Waals surface area (Å²) in [4.78, 5) is 14.6. The lowest BCUT2D eigenvalue weighted by Crippen LogP contribution is -2.31. The molecule has 0 aromatic carbocycles. The topological polar surface area (TPSA) is 64.2 Å². The Morgan fingerprint density at radius 2 is 2.33 bits per heavy atom. The van der Waals surface area contributed by atoms with E-state index in [9.17, 15) is 4.79 Å². The van der Waals surface area contributed by atoms with Crippen LogP contribution in [0.3, 0.4) is 0 Å². The van der Waals surface area contributed by atoms with Gasteiger partial charge in [0.2, 0.25) is 0 Å². The van der Waals surface area contributed by atoms with E-state index < -0.39 is 0 Å². The Labute approximate surface area is 123 Å². The van der Waals surface area contributed by atoms with Crippen LogP contribution in [0.15, 0.2) is 16.8 Å². The maximum Gasteiger partial charge on any atom is 0.274 e. The van der Waals surface area contributed by atoms with Gasteiger partial charge in [0, 0.05) is 31.8 Å². The van der Waals surface area contributed by atoms with Crippen molar-refractivity contribution in [1.82, 2.24) is 19.8 Å². The van der Waals surface area contributed by atoms with Crippen LogP contribution in [0.4, 0.5) is 0 Å². The van der Waals surface area contributed by atoms with Gasteiger partial charge in [-0.3, -0.25) is 9.48 Å². The number of amides is 1. The molecule has 0 aliphatic carbocycles. The zero-order chi connectivity index (χ0) is 15.0. The standard InChI is InChI=1S/C15H20N4O2/c1-4-13-14(10(2)17-21-13)12-6-5-8-19(12)15(20)11-7-9-18(3)16-11/h7,9,12H,4-6,8H2,1-3H3. The Morgan fingerprint density at radius 3 is 3.00 bits per heavy atom. The van der Waals surface area contributed by atoms with Crippen LogP contribution in [-0.4, -0.2) is 32.3 Å². The number of likely N-dealkylation sites (tertiary alicyclic amines) is 1. The van der Waals surface area contributed by atoms with Gasteiger partial charge in [-0.1, -0.05) is 12.1 Å². The Bertz CT molecular complexity index is 658. The molecular formula is C15H20N4O2. The third-order valence-electron chi connectivity index (χ3n) is 4.08. The summed E-state index contributed by atoms with van der Waals surface area (Å²) in [5, 5.41) is 8.29. The first-order valence-corrected chi connectivity index (χ1v) is 7.37. The number of nitrogens with zero attached hydrogens (tertiary/aromatic N) is 4. The van der Waals surface area contributed by atoms with Gasteiger partial charge in [0.25, 0.3) is 5.91 Å². The highest BCUT2D eigenvalue weighted by Gasteiger charge is 2.35. The molecule has 21 heavy (non-hydrogen) atoms. The Balaban J connectivity index is 1.92. The van der Waals surface area contributed by atoms with Crippen molar-refractivity contribution in [2.75, 3.05) is 6.54 Å². The molecule has 112 valence electrons. The van der Waals surface area contributed by atoms with Crippen molar-refractivity contribution in [2.24, 2.45) is 7.05 Å². The first kappa shape index (κ1) is 13.9. The maximum atomic E-state index is 12.7. The predicted molar refractivity (Wildman–Crippen MR) is 76.8 cm³/mol. The van der Waals surface area contributed by atoms with Gasteiger partial charge in [-0.2, -0.15) is 5.10 Å². The van der Waals surface area contributed by atoms with E-state index in [1.54, 1.807) is 16.9 Å². The smallest absolute Gasteiger partial charge is 0.274 e. The minimum Gasteiger partial charge on any atom is -0.361 e. The summed E-state index contributed by atoms with van der Waals surface area (Å²) in [6, 6.07) is 1.82. The van der Waals surface area contributed by atoms with Crippen LogP contribution in [0.1, 0.15) is 53.3 Å². The van der Waals surface area contributed by atoms with E-state index in [0.717, 1.165) is 42.8 Å². The zero-order valence-electron chi connectivity index (χ0n) is 12.7. The molecule has 1 unspecified atom stereocenters. The molecule has 1 aliphatic heterocycles. The third kappa shape index (κ3) is 2.34. The molecule has 6 nitrogen and oxygen atoms in total. The first-order chi connectivity index (χ1) is 10.1. The predicted octanol–water partition coefficient (Wildman–Crippen LogP) is 2.26. The van der Waals surface area contributed by atoms with Crippen LogP contribution in [-0.2, 0) is 13.5 Å². The molecule has 3 heterocycles. The second kappa shape index (κ2) is 5.35. The second-order valence-electron chi connectivity index (χ2n) is 5.49. The number of carbonyl (C=O) groups excluding carboxylic acids is 1. The van der Waals surface area contributed by atoms with Gasteiger partial charge in [0.1, 0.15) is 11.5 Å². The van der Waals surface area contributed by atoms with E-state index in [-0.39, 0.29) is 11.9 Å². The fraction of sp³-hybridized carbons (Fsp3) is 0.533. The van der Waals surface area contributed by atoms with Crippen molar-refractivity contribution >= 4 is 5.91 Å². The van der Waals surface area contributed by atoms with E-state index in [2.05, 4.69) is 10.3 Å². The fourth-order valence-electron chi connectivity index (χ4n) is 3.09. The molecule has 6 heteroatoms. The van der Waals surface area contributed by atoms with Gasteiger partial charge >= 0.3 is 0 Å². The molecule has 1 atom stereocenters. The molecule has 1 aliphatic rings. The summed E-state index contributed by atoms with van der Waals surface area (Å²) in [5.41, 5.74) is 2.47. The van der Waals surface area contributed by atoms with Crippen molar-refractivity contribution in [2.45, 2.75) is 39.2 Å². The largest absolute Gasteiger partial charge is 0.361 e. The Kier molecular flexibility index (Phi) is 3.53. The van der Waals surface area contributed by atoms with Crippen LogP contribution < -0.4 is 0 Å². The van der Waals surface area contributed by atoms with Gasteiger partial charge in [0.05, 0.1) is 11.7 Å². The zero-order valence-corrected chi connectivity index (χ0v) is 12.7. The summed E-state index contributed by atoms with van der Waals surface area (Å²) < 4.78 is 7.04. The lowest BCUT2D eigenvalue weighted by molar-refractivity contribution is 0.0727. The molecule has 0 radical (unpaired) electrons. The molecular weight excluding hydrogens is 268 g/mol. The summed E-state index contributed by atoms with van der Waals surface area (Å²) in [7, 11) is 1.82. The van der Waals surface area contributed by atoms with Crippen molar-refractivity contribution in [3.63, 3.8) is 0 Å². The third-order valence-corrected chi connectivity index (χ3v) is 4.08. The normalized spacial score (nSPS) is 18.4. The van der Waals surface area contributed by atoms with E-state index in [1.807, 2.05) is 25.8 Å². The van der Waals surface area contributed by atoms with Gasteiger partial charge in [-0.15, -0.1) is 0 Å². The molecule has 0 saturated carbocycles. The van der Waals surface area contributed by atoms with Crippen LogP contribution in [0, 0.1) is 6.92 Å². The number of aromatic nitrogens is 3. The Morgan fingerprint density at radius 1 is 1.52 bits per heavy atom. The minimum atomic E-state index is -0.0132. The van der Waals surface area contributed by atoms with Crippen molar-refractivity contribution in [3.05, 3.63) is 35.0 Å². The molecule has 0 bridgehead atoms. The van der Waals surface area contributed by atoms with E-state index in [0.29, 0.717) is 5.69 Å². The average Bonchev–Trinajstić information content (AvgIpc) is 3.17. The summed E-state index contributed by atoms with van der Waals surface area (Å²) >= 11 is 0. The van der Waals surface area contributed by atoms with Crippen molar-refractivity contribution in [1.29, 1.82) is 0 Å². The molecule has 2 aromatic rings. The highest BCUT2D eigenvalue weighted by Crippen LogP contribution is 2.36. The molecule has 1 fully saturated rings. The molecule has 3 rings (SSSR count). The molecule has 0 N–H and O–H groups in total. The molecule has 0 spiro atoms. The van der Waals surface area contributed by atoms with E-state index >= 15 is 0 Å². The van der Waals surface area contributed by atoms with Crippen molar-refractivity contribution < 1.29 is 9.32 Å². The van der Waals surface area contributed by atoms with Crippen LogP contribution in [0.2, 0.25) is 0 Å². The second-order valence-corrected chi connectivity index (χ2v) is 5.49. The van der Waals surface area contributed by atoms with Gasteiger partial charge in [-0.05, 0) is 25.8 Å². The molecule has 1 saturated heterocycles. The van der Waals surface area contributed by atoms with Gasteiger partial charge < -0.3 is 9.42 Å².